The Morgan fingerprint density at radius 2 is 2.00 bits per heavy atom. The first-order chi connectivity index (χ1) is 22.6. The molecule has 5 aromatic rings. The van der Waals surface area contributed by atoms with Crippen LogP contribution in [0.25, 0.3) is 33.2 Å². The number of alkyl carbamates (subject to hydrolysis) is 1. The molecule has 2 amide bonds. The maximum Gasteiger partial charge on any atom is 0.407 e. The van der Waals surface area contributed by atoms with Crippen LogP contribution >= 0.6 is 0 Å². The van der Waals surface area contributed by atoms with Gasteiger partial charge in [0.2, 0.25) is 5.91 Å². The number of hydrogen-bond donors (Lipinski definition) is 3. The number of methoxy groups -OCH3 is 1. The lowest BCUT2D eigenvalue weighted by atomic mass is 10.1. The zero-order valence-corrected chi connectivity index (χ0v) is 24.2. The van der Waals surface area contributed by atoms with Crippen LogP contribution in [0.3, 0.4) is 0 Å². The minimum atomic E-state index is -2.81. The SMILES string of the molecule is [2H]C([2H])([2H])n1c(=O)n([C@@H]2CC[C@@]([2H])(NC(=O)OC)C2)c2cc(Nc3cc(-c4cnn(C)c4)c4cnn([C@@]5(C(N)=O)C[C@@H]5C)c4n3)ncc21. The summed E-state index contributed by atoms with van der Waals surface area (Å²) >= 11 is 0. The van der Waals surface area contributed by atoms with Crippen molar-refractivity contribution in [3.05, 3.63) is 47.4 Å². The topological polar surface area (TPSA) is 182 Å². The molecule has 44 heavy (non-hydrogen) atoms. The monoisotopic (exact) mass is 603 g/mol. The number of nitrogens with one attached hydrogen (secondary N) is 2. The zero-order valence-electron chi connectivity index (χ0n) is 28.2. The summed E-state index contributed by atoms with van der Waals surface area (Å²) < 4.78 is 42.9. The van der Waals surface area contributed by atoms with Crippen LogP contribution in [0, 0.1) is 5.92 Å². The first-order valence-electron chi connectivity index (χ1n) is 16.1. The van der Waals surface area contributed by atoms with Crippen LogP contribution in [0.15, 0.2) is 41.7 Å². The summed E-state index contributed by atoms with van der Waals surface area (Å²) in [7, 11) is 2.99. The molecule has 2 aliphatic rings. The second-order valence-corrected chi connectivity index (χ2v) is 11.4. The Balaban J connectivity index is 1.34. The van der Waals surface area contributed by atoms with Gasteiger partial charge in [0, 0.05) is 59.0 Å². The van der Waals surface area contributed by atoms with E-state index in [1.807, 2.05) is 13.1 Å². The number of nitrogens with two attached hydrogens (primary N) is 1. The fourth-order valence-electron chi connectivity index (χ4n) is 6.33. The number of primary amides is 1. The average Bonchev–Trinajstić information content (AvgIpc) is 3.46. The molecule has 15 nitrogen and oxygen atoms in total. The lowest BCUT2D eigenvalue weighted by molar-refractivity contribution is -0.123. The van der Waals surface area contributed by atoms with Crippen molar-refractivity contribution in [1.82, 2.24) is 44.0 Å². The summed E-state index contributed by atoms with van der Waals surface area (Å²) in [5.74, 6) is 0.0428. The molecule has 2 saturated carbocycles. The Morgan fingerprint density at radius 1 is 1.18 bits per heavy atom. The number of rotatable bonds is 7. The molecule has 2 fully saturated rings. The van der Waals surface area contributed by atoms with Crippen LogP contribution in [0.4, 0.5) is 16.4 Å². The first-order valence-corrected chi connectivity index (χ1v) is 14.1. The van der Waals surface area contributed by atoms with Gasteiger partial charge in [-0.3, -0.25) is 18.6 Å². The van der Waals surface area contributed by atoms with E-state index in [-0.39, 0.29) is 35.6 Å². The summed E-state index contributed by atoms with van der Waals surface area (Å²) in [6.45, 7) is -0.884. The van der Waals surface area contributed by atoms with Crippen molar-refractivity contribution in [3.63, 3.8) is 0 Å². The zero-order chi connectivity index (χ0) is 34.3. The molecular weight excluding hydrogens is 566 g/mol. The molecule has 4 atom stereocenters. The van der Waals surface area contributed by atoms with Gasteiger partial charge in [-0.25, -0.2) is 24.2 Å². The van der Waals surface area contributed by atoms with Gasteiger partial charge in [-0.05, 0) is 37.7 Å². The molecule has 0 aliphatic heterocycles. The predicted molar refractivity (Wildman–Crippen MR) is 161 cm³/mol. The highest BCUT2D eigenvalue weighted by Crippen LogP contribution is 2.51. The largest absolute Gasteiger partial charge is 0.453 e. The third-order valence-electron chi connectivity index (χ3n) is 8.74. The van der Waals surface area contributed by atoms with Crippen LogP contribution in [0.1, 0.15) is 44.1 Å². The van der Waals surface area contributed by atoms with Crippen LogP contribution in [0.2, 0.25) is 0 Å². The Bertz CT molecular complexity index is 2190. The number of aromatic nitrogens is 8. The van der Waals surface area contributed by atoms with Crippen molar-refractivity contribution in [2.24, 2.45) is 25.7 Å². The Morgan fingerprint density at radius 3 is 2.68 bits per heavy atom. The highest BCUT2D eigenvalue weighted by atomic mass is 16.5. The molecule has 0 unspecified atom stereocenters. The molecule has 15 heteroatoms. The molecule has 0 radical (unpaired) electrons. The Hall–Kier alpha value is -5.21. The highest BCUT2D eigenvalue weighted by molar-refractivity contribution is 5.96. The van der Waals surface area contributed by atoms with Gasteiger partial charge < -0.3 is 21.1 Å². The molecule has 5 heterocycles. The first kappa shape index (κ1) is 23.3. The Kier molecular flexibility index (Phi) is 5.25. The molecule has 0 spiro atoms. The lowest BCUT2D eigenvalue weighted by Crippen LogP contribution is -2.36. The molecule has 0 saturated heterocycles. The molecule has 5 aromatic heterocycles. The van der Waals surface area contributed by atoms with Crippen molar-refractivity contribution in [2.75, 3.05) is 12.4 Å². The van der Waals surface area contributed by atoms with Crippen LogP contribution in [-0.2, 0) is 29.1 Å². The van der Waals surface area contributed by atoms with Crippen molar-refractivity contribution >= 4 is 45.7 Å². The molecule has 7 rings (SSSR count). The number of hydrogen-bond acceptors (Lipinski definition) is 9. The van der Waals surface area contributed by atoms with Gasteiger partial charge >= 0.3 is 11.8 Å². The maximum atomic E-state index is 13.7. The van der Waals surface area contributed by atoms with E-state index in [0.717, 1.165) is 11.1 Å². The van der Waals surface area contributed by atoms with E-state index in [2.05, 4.69) is 30.6 Å². The fraction of sp³-hybridized carbons (Fsp3) is 0.414. The van der Waals surface area contributed by atoms with Crippen molar-refractivity contribution < 1.29 is 19.8 Å². The minimum Gasteiger partial charge on any atom is -0.453 e. The Labute approximate surface area is 256 Å². The van der Waals surface area contributed by atoms with Crippen LogP contribution in [0.5, 0.6) is 0 Å². The number of fused-ring (bicyclic) bond motifs is 2. The van der Waals surface area contributed by atoms with Gasteiger partial charge in [0.15, 0.2) is 5.65 Å². The summed E-state index contributed by atoms with van der Waals surface area (Å²) in [5.41, 5.74) is 6.35. The van der Waals surface area contributed by atoms with Crippen molar-refractivity contribution in [3.8, 4) is 11.1 Å². The summed E-state index contributed by atoms with van der Waals surface area (Å²) in [6, 6.07) is 1.33. The van der Waals surface area contributed by atoms with Crippen LogP contribution in [-0.4, -0.2) is 63.8 Å². The molecular formula is C29H33N11O4. The normalized spacial score (nSPS) is 26.2. The van der Waals surface area contributed by atoms with Gasteiger partial charge in [0.05, 0.1) is 38.1 Å². The average molecular weight is 604 g/mol. The summed E-state index contributed by atoms with van der Waals surface area (Å²) in [6.07, 6.45) is 6.82. The second kappa shape index (κ2) is 9.92. The van der Waals surface area contributed by atoms with Gasteiger partial charge in [-0.1, -0.05) is 6.92 Å². The van der Waals surface area contributed by atoms with E-state index in [1.54, 1.807) is 40.9 Å². The number of carbonyl (C=O) groups is 2. The number of carbonyl (C=O) groups excluding carboxylic acids is 2. The smallest absolute Gasteiger partial charge is 0.407 e. The summed E-state index contributed by atoms with van der Waals surface area (Å²) in [5, 5.41) is 15.2. The number of pyridine rings is 2. The number of anilines is 2. The predicted octanol–water partition coefficient (Wildman–Crippen LogP) is 2.29. The molecule has 0 aromatic carbocycles. The fourth-order valence-corrected chi connectivity index (χ4v) is 6.33. The number of amides is 2. The standard InChI is InChI=1S/C29H33N11O4/c1-15-10-29(15,26(30)41)40-25-20(12-33-40)19(16-11-32-37(2)14-16)8-24(36-25)35-23-9-21-22(13-31-23)38(3)28(43)39(21)18-6-5-17(7-18)34-27(42)44-4/h8-9,11-15,17-18H,5-7,10H2,1-4H3,(H2,30,41)(H,34,42)(H,31,35,36)/t15-,17+,18+,29-/m0/s1/i3D3,17D. The van der Waals surface area contributed by atoms with Gasteiger partial charge in [-0.15, -0.1) is 0 Å². The third-order valence-corrected chi connectivity index (χ3v) is 8.74. The van der Waals surface area contributed by atoms with Gasteiger partial charge in [-0.2, -0.15) is 10.2 Å². The van der Waals surface area contributed by atoms with Crippen molar-refractivity contribution in [2.45, 2.75) is 50.2 Å². The van der Waals surface area contributed by atoms with E-state index < -0.39 is 42.3 Å². The van der Waals surface area contributed by atoms with E-state index >= 15 is 0 Å². The van der Waals surface area contributed by atoms with Crippen LogP contribution < -0.4 is 22.1 Å². The number of aryl methyl sites for hydroxylation is 2. The second-order valence-electron chi connectivity index (χ2n) is 11.4. The lowest BCUT2D eigenvalue weighted by Gasteiger charge is -2.16. The highest BCUT2D eigenvalue weighted by Gasteiger charge is 2.59. The third kappa shape index (κ3) is 4.21. The minimum absolute atomic E-state index is 0.0395. The van der Waals surface area contributed by atoms with E-state index in [4.69, 9.17) is 16.2 Å². The van der Waals surface area contributed by atoms with E-state index in [9.17, 15) is 14.4 Å². The number of nitrogens with zero attached hydrogens (tertiary/aromatic N) is 8. The molecule has 0 bridgehead atoms. The molecule has 2 aliphatic carbocycles. The molecule has 228 valence electrons. The summed E-state index contributed by atoms with van der Waals surface area (Å²) in [4.78, 5) is 47.5. The maximum absolute atomic E-state index is 13.7. The van der Waals surface area contributed by atoms with E-state index in [0.29, 0.717) is 34.3 Å². The van der Waals surface area contributed by atoms with Gasteiger partial charge in [0.25, 0.3) is 0 Å². The van der Waals surface area contributed by atoms with Crippen molar-refractivity contribution in [1.29, 1.82) is 0 Å². The van der Waals surface area contributed by atoms with Gasteiger partial charge in [0.1, 0.15) is 17.2 Å². The quantitative estimate of drug-likeness (QED) is 0.251. The van der Waals surface area contributed by atoms with E-state index in [1.165, 1.54) is 17.9 Å². The number of ether oxygens (including phenoxy) is 1. The molecule has 4 N–H and O–H groups in total. The number of imidazole rings is 1.